The molecule has 2 heterocycles. The smallest absolute Gasteiger partial charge is 0.321 e. The Bertz CT molecular complexity index is 554. The van der Waals surface area contributed by atoms with Crippen LogP contribution >= 0.6 is 0 Å². The molecule has 0 aromatic carbocycles. The molecule has 0 saturated heterocycles. The van der Waals surface area contributed by atoms with E-state index in [0.717, 1.165) is 31.6 Å². The summed E-state index contributed by atoms with van der Waals surface area (Å²) in [6.07, 6.45) is 3.75. The van der Waals surface area contributed by atoms with Crippen molar-refractivity contribution in [2.45, 2.75) is 33.2 Å². The fraction of sp³-hybridized carbons (Fsp3) is 0.538. The van der Waals surface area contributed by atoms with Gasteiger partial charge in [0, 0.05) is 19.3 Å². The second-order valence-corrected chi connectivity index (χ2v) is 4.34. The molecule has 7 nitrogen and oxygen atoms in total. The molecule has 0 spiro atoms. The van der Waals surface area contributed by atoms with E-state index >= 15 is 0 Å². The van der Waals surface area contributed by atoms with Gasteiger partial charge in [0.2, 0.25) is 5.95 Å². The predicted octanol–water partition coefficient (Wildman–Crippen LogP) is 1.98. The van der Waals surface area contributed by atoms with Crippen LogP contribution in [0.25, 0.3) is 11.5 Å². The summed E-state index contributed by atoms with van der Waals surface area (Å²) in [7, 11) is 1.55. The number of hydrogen-bond acceptors (Lipinski definition) is 6. The van der Waals surface area contributed by atoms with Gasteiger partial charge in [0.25, 0.3) is 0 Å². The third kappa shape index (κ3) is 3.23. The van der Waals surface area contributed by atoms with E-state index in [1.54, 1.807) is 13.3 Å². The minimum Gasteiger partial charge on any atom is -0.467 e. The first-order chi connectivity index (χ1) is 9.78. The number of nitrogens with zero attached hydrogens (tertiary/aromatic N) is 5. The van der Waals surface area contributed by atoms with Crippen LogP contribution in [0.15, 0.2) is 12.3 Å². The lowest BCUT2D eigenvalue weighted by atomic mass is 10.4. The molecule has 1 N–H and O–H groups in total. The third-order valence-electron chi connectivity index (χ3n) is 2.71. The molecular formula is C13H20N6O. The number of rotatable bonds is 7. The molecule has 0 bridgehead atoms. The fourth-order valence-electron chi connectivity index (χ4n) is 1.79. The van der Waals surface area contributed by atoms with Gasteiger partial charge in [-0.25, -0.2) is 0 Å². The van der Waals surface area contributed by atoms with E-state index in [0.29, 0.717) is 17.8 Å². The Kier molecular flexibility index (Phi) is 4.86. The first-order valence-electron chi connectivity index (χ1n) is 6.84. The number of anilines is 1. The molecule has 0 amide bonds. The zero-order chi connectivity index (χ0) is 14.4. The molecule has 20 heavy (non-hydrogen) atoms. The van der Waals surface area contributed by atoms with Crippen molar-refractivity contribution in [1.82, 2.24) is 24.7 Å². The van der Waals surface area contributed by atoms with Crippen LogP contribution in [-0.4, -0.2) is 38.4 Å². The highest BCUT2D eigenvalue weighted by Crippen LogP contribution is 2.18. The number of aromatic nitrogens is 5. The molecule has 0 radical (unpaired) electrons. The summed E-state index contributed by atoms with van der Waals surface area (Å²) >= 11 is 0. The number of ether oxygens (including phenoxy) is 1. The monoisotopic (exact) mass is 276 g/mol. The molecule has 7 heteroatoms. The zero-order valence-electron chi connectivity index (χ0n) is 12.1. The van der Waals surface area contributed by atoms with Crippen molar-refractivity contribution in [2.75, 3.05) is 19.0 Å². The Morgan fingerprint density at radius 1 is 1.20 bits per heavy atom. The number of aryl methyl sites for hydroxylation is 1. The van der Waals surface area contributed by atoms with Crippen molar-refractivity contribution in [3.05, 3.63) is 12.3 Å². The molecule has 2 aromatic rings. The number of nitrogens with one attached hydrogen (secondary N) is 1. The summed E-state index contributed by atoms with van der Waals surface area (Å²) in [5, 5.41) is 7.44. The highest BCUT2D eigenvalue weighted by Gasteiger charge is 2.12. The standard InChI is InChI=1S/C13H20N6O/c1-4-7-14-12-16-11(17-13(18-12)20-3)10-6-8-15-19(10)9-5-2/h6,8H,4-5,7,9H2,1-3H3,(H,14,16,17,18). The minimum atomic E-state index is 0.304. The quantitative estimate of drug-likeness (QED) is 0.833. The van der Waals surface area contributed by atoms with E-state index in [-0.39, 0.29) is 0 Å². The summed E-state index contributed by atoms with van der Waals surface area (Å²) in [5.74, 6) is 1.10. The molecule has 0 atom stereocenters. The van der Waals surface area contributed by atoms with Gasteiger partial charge in [0.1, 0.15) is 5.69 Å². The van der Waals surface area contributed by atoms with Crippen LogP contribution in [0.3, 0.4) is 0 Å². The van der Waals surface area contributed by atoms with Gasteiger partial charge in [-0.05, 0) is 18.9 Å². The third-order valence-corrected chi connectivity index (χ3v) is 2.71. The van der Waals surface area contributed by atoms with Crippen molar-refractivity contribution in [2.24, 2.45) is 0 Å². The van der Waals surface area contributed by atoms with Crippen LogP contribution in [-0.2, 0) is 6.54 Å². The lowest BCUT2D eigenvalue weighted by molar-refractivity contribution is 0.379. The molecule has 2 aromatic heterocycles. The summed E-state index contributed by atoms with van der Waals surface area (Å²) in [6.45, 7) is 5.82. The van der Waals surface area contributed by atoms with Crippen LogP contribution < -0.4 is 10.1 Å². The minimum absolute atomic E-state index is 0.304. The first-order valence-corrected chi connectivity index (χ1v) is 6.84. The average molecular weight is 276 g/mol. The zero-order valence-corrected chi connectivity index (χ0v) is 12.1. The van der Waals surface area contributed by atoms with Gasteiger partial charge < -0.3 is 10.1 Å². The molecular weight excluding hydrogens is 256 g/mol. The summed E-state index contributed by atoms with van der Waals surface area (Å²) in [6, 6.07) is 2.20. The van der Waals surface area contributed by atoms with Gasteiger partial charge in [-0.2, -0.15) is 20.1 Å². The SMILES string of the molecule is CCCNc1nc(OC)nc(-c2ccnn2CCC)n1. The van der Waals surface area contributed by atoms with Crippen LogP contribution in [0.1, 0.15) is 26.7 Å². The first kappa shape index (κ1) is 14.2. The van der Waals surface area contributed by atoms with E-state index in [1.807, 2.05) is 10.7 Å². The van der Waals surface area contributed by atoms with Crippen molar-refractivity contribution >= 4 is 5.95 Å². The normalized spacial score (nSPS) is 10.6. The topological polar surface area (TPSA) is 77.8 Å². The Morgan fingerprint density at radius 3 is 2.75 bits per heavy atom. The molecule has 0 saturated carbocycles. The second-order valence-electron chi connectivity index (χ2n) is 4.34. The van der Waals surface area contributed by atoms with Gasteiger partial charge in [0.15, 0.2) is 5.82 Å². The van der Waals surface area contributed by atoms with Gasteiger partial charge >= 0.3 is 6.01 Å². The van der Waals surface area contributed by atoms with Crippen molar-refractivity contribution < 1.29 is 4.74 Å². The number of methoxy groups -OCH3 is 1. The Balaban J connectivity index is 2.36. The van der Waals surface area contributed by atoms with Crippen molar-refractivity contribution in [3.8, 4) is 17.5 Å². The summed E-state index contributed by atoms with van der Waals surface area (Å²) in [4.78, 5) is 12.9. The summed E-state index contributed by atoms with van der Waals surface area (Å²) < 4.78 is 7.03. The maximum absolute atomic E-state index is 5.14. The van der Waals surface area contributed by atoms with Crippen LogP contribution in [0.5, 0.6) is 6.01 Å². The van der Waals surface area contributed by atoms with Gasteiger partial charge in [0.05, 0.1) is 7.11 Å². The molecule has 0 aliphatic rings. The van der Waals surface area contributed by atoms with Crippen LogP contribution in [0.4, 0.5) is 5.95 Å². The maximum atomic E-state index is 5.14. The molecule has 0 unspecified atom stereocenters. The van der Waals surface area contributed by atoms with Crippen molar-refractivity contribution in [3.63, 3.8) is 0 Å². The Morgan fingerprint density at radius 2 is 2.05 bits per heavy atom. The van der Waals surface area contributed by atoms with E-state index in [4.69, 9.17) is 4.74 Å². The van der Waals surface area contributed by atoms with Gasteiger partial charge in [-0.1, -0.05) is 13.8 Å². The molecule has 0 fully saturated rings. The van der Waals surface area contributed by atoms with Crippen molar-refractivity contribution in [1.29, 1.82) is 0 Å². The molecule has 2 rings (SSSR count). The van der Waals surface area contributed by atoms with E-state index in [1.165, 1.54) is 0 Å². The largest absolute Gasteiger partial charge is 0.467 e. The van der Waals surface area contributed by atoms with Crippen LogP contribution in [0.2, 0.25) is 0 Å². The highest BCUT2D eigenvalue weighted by molar-refractivity contribution is 5.51. The van der Waals surface area contributed by atoms with Gasteiger partial charge in [-0.3, -0.25) is 4.68 Å². The highest BCUT2D eigenvalue weighted by atomic mass is 16.5. The Labute approximate surface area is 118 Å². The maximum Gasteiger partial charge on any atom is 0.321 e. The molecule has 0 aliphatic heterocycles. The van der Waals surface area contributed by atoms with E-state index in [9.17, 15) is 0 Å². The molecule has 108 valence electrons. The van der Waals surface area contributed by atoms with Crippen LogP contribution in [0, 0.1) is 0 Å². The molecule has 0 aliphatic carbocycles. The number of hydrogen-bond donors (Lipinski definition) is 1. The second kappa shape index (κ2) is 6.83. The lowest BCUT2D eigenvalue weighted by Gasteiger charge is -2.09. The average Bonchev–Trinajstić information content (AvgIpc) is 2.93. The predicted molar refractivity (Wildman–Crippen MR) is 76.7 cm³/mol. The summed E-state index contributed by atoms with van der Waals surface area (Å²) in [5.41, 5.74) is 0.868. The van der Waals surface area contributed by atoms with Gasteiger partial charge in [-0.15, -0.1) is 0 Å². The fourth-order valence-corrected chi connectivity index (χ4v) is 1.79. The van der Waals surface area contributed by atoms with E-state index in [2.05, 4.69) is 39.2 Å². The lowest BCUT2D eigenvalue weighted by Crippen LogP contribution is -2.09. The Hall–Kier alpha value is -2.18. The van der Waals surface area contributed by atoms with E-state index < -0.39 is 0 Å².